The molecule has 0 amide bonds. The average Bonchev–Trinajstić information content (AvgIpc) is 2.89. The third-order valence-corrected chi connectivity index (χ3v) is 3.31. The molecule has 0 aliphatic heterocycles. The van der Waals surface area contributed by atoms with Crippen molar-refractivity contribution in [2.24, 2.45) is 0 Å². The molecule has 0 radical (unpaired) electrons. The van der Waals surface area contributed by atoms with E-state index in [2.05, 4.69) is 11.9 Å². The van der Waals surface area contributed by atoms with E-state index in [1.54, 1.807) is 12.5 Å². The summed E-state index contributed by atoms with van der Waals surface area (Å²) >= 11 is 0. The van der Waals surface area contributed by atoms with Gasteiger partial charge in [-0.1, -0.05) is 31.2 Å². The number of carbonyl (C=O) groups is 1. The number of fused-ring (bicyclic) bond motifs is 1. The third-order valence-electron chi connectivity index (χ3n) is 3.31. The van der Waals surface area contributed by atoms with Crippen molar-refractivity contribution in [1.29, 1.82) is 0 Å². The Morgan fingerprint density at radius 3 is 2.81 bits per heavy atom. The lowest BCUT2D eigenvalue weighted by Crippen LogP contribution is -2.16. The number of aromatic nitrogens is 2. The van der Waals surface area contributed by atoms with Crippen LogP contribution in [0, 0.1) is 0 Å². The number of carbonyl (C=O) groups excluding carboxylic acids is 1. The van der Waals surface area contributed by atoms with Crippen LogP contribution in [0.2, 0.25) is 0 Å². The summed E-state index contributed by atoms with van der Waals surface area (Å²) in [5, 5.41) is 0. The van der Waals surface area contributed by atoms with Crippen LogP contribution >= 0.6 is 0 Å². The van der Waals surface area contributed by atoms with Gasteiger partial charge in [0.25, 0.3) is 0 Å². The Hall–Kier alpha value is -1.90. The SMILES string of the molecule is CC1c2ccccc2C(=O)C1n1ccnc1. The third kappa shape index (κ3) is 1.14. The average molecular weight is 212 g/mol. The summed E-state index contributed by atoms with van der Waals surface area (Å²) in [4.78, 5) is 16.3. The minimum Gasteiger partial charge on any atom is -0.326 e. The highest BCUT2D eigenvalue weighted by Gasteiger charge is 2.37. The van der Waals surface area contributed by atoms with Crippen molar-refractivity contribution in [2.45, 2.75) is 18.9 Å². The number of hydrogen-bond acceptors (Lipinski definition) is 2. The fourth-order valence-corrected chi connectivity index (χ4v) is 2.50. The van der Waals surface area contributed by atoms with Crippen molar-refractivity contribution < 1.29 is 4.79 Å². The van der Waals surface area contributed by atoms with Gasteiger partial charge in [-0.15, -0.1) is 0 Å². The van der Waals surface area contributed by atoms with Crippen LogP contribution in [0.25, 0.3) is 0 Å². The van der Waals surface area contributed by atoms with Gasteiger partial charge in [-0.05, 0) is 5.56 Å². The molecule has 1 aromatic heterocycles. The van der Waals surface area contributed by atoms with Gasteiger partial charge in [0.15, 0.2) is 5.78 Å². The lowest BCUT2D eigenvalue weighted by atomic mass is 10.0. The molecular weight excluding hydrogens is 200 g/mol. The largest absolute Gasteiger partial charge is 0.326 e. The Bertz CT molecular complexity index is 531. The van der Waals surface area contributed by atoms with Gasteiger partial charge in [0.05, 0.1) is 6.33 Å². The number of hydrogen-bond donors (Lipinski definition) is 0. The highest BCUT2D eigenvalue weighted by atomic mass is 16.1. The lowest BCUT2D eigenvalue weighted by molar-refractivity contribution is 0.0931. The molecule has 3 rings (SSSR count). The number of rotatable bonds is 1. The molecule has 0 spiro atoms. The highest BCUT2D eigenvalue weighted by molar-refractivity contribution is 6.04. The minimum absolute atomic E-state index is 0.125. The van der Waals surface area contributed by atoms with E-state index < -0.39 is 0 Å². The molecule has 2 atom stereocenters. The van der Waals surface area contributed by atoms with E-state index in [9.17, 15) is 4.79 Å². The molecule has 1 aliphatic carbocycles. The topological polar surface area (TPSA) is 34.9 Å². The van der Waals surface area contributed by atoms with E-state index >= 15 is 0 Å². The van der Waals surface area contributed by atoms with Crippen molar-refractivity contribution in [3.63, 3.8) is 0 Å². The zero-order valence-electron chi connectivity index (χ0n) is 9.00. The van der Waals surface area contributed by atoms with E-state index in [0.29, 0.717) is 0 Å². The molecule has 0 saturated carbocycles. The van der Waals surface area contributed by atoms with Crippen molar-refractivity contribution in [1.82, 2.24) is 9.55 Å². The first-order valence-electron chi connectivity index (χ1n) is 5.39. The predicted octanol–water partition coefficient (Wildman–Crippen LogP) is 2.42. The maximum absolute atomic E-state index is 12.3. The van der Waals surface area contributed by atoms with E-state index in [4.69, 9.17) is 0 Å². The van der Waals surface area contributed by atoms with Gasteiger partial charge < -0.3 is 4.57 Å². The Kier molecular flexibility index (Phi) is 1.93. The molecule has 1 aliphatic rings. The molecular formula is C13H12N2O. The van der Waals surface area contributed by atoms with Crippen LogP contribution in [0.4, 0.5) is 0 Å². The fourth-order valence-electron chi connectivity index (χ4n) is 2.50. The van der Waals surface area contributed by atoms with Crippen LogP contribution in [0.5, 0.6) is 0 Å². The van der Waals surface area contributed by atoms with Gasteiger partial charge in [0.1, 0.15) is 6.04 Å². The standard InChI is InChI=1S/C13H12N2O/c1-9-10-4-2-3-5-11(10)13(16)12(9)15-7-6-14-8-15/h2-9,12H,1H3. The number of ketones is 1. The Morgan fingerprint density at radius 1 is 1.31 bits per heavy atom. The number of imidazole rings is 1. The van der Waals surface area contributed by atoms with Crippen LogP contribution < -0.4 is 0 Å². The van der Waals surface area contributed by atoms with Crippen LogP contribution in [0.1, 0.15) is 34.8 Å². The summed E-state index contributed by atoms with van der Waals surface area (Å²) in [6.45, 7) is 2.09. The molecule has 16 heavy (non-hydrogen) atoms. The van der Waals surface area contributed by atoms with E-state index in [0.717, 1.165) is 11.1 Å². The molecule has 1 heterocycles. The van der Waals surface area contributed by atoms with Crippen LogP contribution in [-0.4, -0.2) is 15.3 Å². The second-order valence-corrected chi connectivity index (χ2v) is 4.19. The van der Waals surface area contributed by atoms with E-state index in [-0.39, 0.29) is 17.7 Å². The van der Waals surface area contributed by atoms with Gasteiger partial charge in [0, 0.05) is 23.9 Å². The smallest absolute Gasteiger partial charge is 0.186 e. The minimum atomic E-state index is -0.125. The molecule has 0 saturated heterocycles. The molecule has 2 aromatic rings. The fraction of sp³-hybridized carbons (Fsp3) is 0.231. The summed E-state index contributed by atoms with van der Waals surface area (Å²) < 4.78 is 1.90. The summed E-state index contributed by atoms with van der Waals surface area (Å²) in [6, 6.07) is 7.72. The van der Waals surface area contributed by atoms with Crippen molar-refractivity contribution in [3.8, 4) is 0 Å². The normalized spacial score (nSPS) is 23.4. The maximum Gasteiger partial charge on any atom is 0.186 e. The molecule has 3 nitrogen and oxygen atoms in total. The van der Waals surface area contributed by atoms with E-state index in [1.807, 2.05) is 35.0 Å². The summed E-state index contributed by atoms with van der Waals surface area (Å²) in [7, 11) is 0. The second kappa shape index (κ2) is 3.30. The lowest BCUT2D eigenvalue weighted by Gasteiger charge is -2.15. The van der Waals surface area contributed by atoms with Gasteiger partial charge in [0.2, 0.25) is 0 Å². The number of nitrogens with zero attached hydrogens (tertiary/aromatic N) is 2. The van der Waals surface area contributed by atoms with Gasteiger partial charge in [-0.2, -0.15) is 0 Å². The summed E-state index contributed by atoms with van der Waals surface area (Å²) in [6.07, 6.45) is 5.28. The zero-order valence-corrected chi connectivity index (χ0v) is 9.00. The van der Waals surface area contributed by atoms with Crippen LogP contribution in [-0.2, 0) is 0 Å². The molecule has 0 bridgehead atoms. The monoisotopic (exact) mass is 212 g/mol. The predicted molar refractivity (Wildman–Crippen MR) is 60.5 cm³/mol. The molecule has 1 aromatic carbocycles. The number of benzene rings is 1. The first-order chi connectivity index (χ1) is 7.79. The summed E-state index contributed by atoms with van der Waals surface area (Å²) in [5.41, 5.74) is 2.00. The Morgan fingerprint density at radius 2 is 2.12 bits per heavy atom. The number of Topliss-reactive ketones (excluding diaryl/α,β-unsaturated/α-hetero) is 1. The molecule has 0 N–H and O–H groups in total. The Balaban J connectivity index is 2.11. The zero-order chi connectivity index (χ0) is 11.1. The first kappa shape index (κ1) is 9.33. The van der Waals surface area contributed by atoms with Crippen molar-refractivity contribution in [3.05, 3.63) is 54.1 Å². The molecule has 80 valence electrons. The maximum atomic E-state index is 12.3. The van der Waals surface area contributed by atoms with Gasteiger partial charge >= 0.3 is 0 Å². The summed E-state index contributed by atoms with van der Waals surface area (Å²) in [5.74, 6) is 0.416. The van der Waals surface area contributed by atoms with Gasteiger partial charge in [-0.3, -0.25) is 4.79 Å². The van der Waals surface area contributed by atoms with Crippen LogP contribution in [0.3, 0.4) is 0 Å². The second-order valence-electron chi connectivity index (χ2n) is 4.19. The first-order valence-corrected chi connectivity index (χ1v) is 5.39. The Labute approximate surface area is 93.7 Å². The quantitative estimate of drug-likeness (QED) is 0.727. The van der Waals surface area contributed by atoms with E-state index in [1.165, 1.54) is 0 Å². The molecule has 2 unspecified atom stereocenters. The van der Waals surface area contributed by atoms with Crippen molar-refractivity contribution in [2.75, 3.05) is 0 Å². The molecule has 3 heteroatoms. The van der Waals surface area contributed by atoms with Crippen LogP contribution in [0.15, 0.2) is 43.0 Å². The highest BCUT2D eigenvalue weighted by Crippen LogP contribution is 2.40. The van der Waals surface area contributed by atoms with Gasteiger partial charge in [-0.25, -0.2) is 4.98 Å². The molecule has 0 fully saturated rings. The van der Waals surface area contributed by atoms with Crippen molar-refractivity contribution >= 4 is 5.78 Å².